The second kappa shape index (κ2) is 24.1. The van der Waals surface area contributed by atoms with E-state index in [1.165, 1.54) is 12.8 Å². The molecule has 0 aromatic heterocycles. The summed E-state index contributed by atoms with van der Waals surface area (Å²) in [7, 11) is 3.00. The fraction of sp³-hybridized carbons (Fsp3) is 0.333. The normalized spacial score (nSPS) is 15.8. The van der Waals surface area contributed by atoms with E-state index in [2.05, 4.69) is 89.0 Å². The van der Waals surface area contributed by atoms with Gasteiger partial charge in [0.25, 0.3) is 0 Å². The second-order valence-electron chi connectivity index (χ2n) is 6.48. The first-order chi connectivity index (χ1) is 16.3. The van der Waals surface area contributed by atoms with Crippen molar-refractivity contribution in [3.8, 4) is 0 Å². The van der Waals surface area contributed by atoms with Crippen molar-refractivity contribution in [2.75, 3.05) is 28.4 Å². The minimum absolute atomic E-state index is 0.750. The Morgan fingerprint density at radius 2 is 0.970 bits per heavy atom. The van der Waals surface area contributed by atoms with Crippen LogP contribution in [0.5, 0.6) is 0 Å². The molecule has 33 heavy (non-hydrogen) atoms. The first kappa shape index (κ1) is 34.1. The standard InChI is InChI=1S/4C5H5.C2H4.4CH3O.CH2.2Ti/c4*1-2-4-5-3-1;5*1-2;;;/h4*1-3H,4H2;1H,2H3;4*1H3;1H2;;/q;;;;;4*-1;;;+4. The second-order valence-corrected chi connectivity index (χ2v) is 14.2. The maximum atomic E-state index is 8.25. The summed E-state index contributed by atoms with van der Waals surface area (Å²) >= 11 is -2.36. The zero-order valence-electron chi connectivity index (χ0n) is 20.7. The minimum atomic E-state index is -1.23. The molecule has 0 aromatic rings. The molecular formula is C27H38O4Ti2. The van der Waals surface area contributed by atoms with Crippen LogP contribution in [0.2, 0.25) is 0 Å². The van der Waals surface area contributed by atoms with Crippen LogP contribution in [0.3, 0.4) is 0 Å². The van der Waals surface area contributed by atoms with Crippen LogP contribution in [-0.4, -0.2) is 37.6 Å². The van der Waals surface area contributed by atoms with Gasteiger partial charge in [0.15, 0.2) is 0 Å². The van der Waals surface area contributed by atoms with E-state index >= 15 is 0 Å². The van der Waals surface area contributed by atoms with Crippen LogP contribution >= 0.6 is 0 Å². The molecule has 0 fully saturated rings. The van der Waals surface area contributed by atoms with Crippen molar-refractivity contribution in [1.29, 1.82) is 0 Å². The summed E-state index contributed by atoms with van der Waals surface area (Å²) in [5, 5.41) is 33.0. The Bertz CT molecular complexity index is 772. The Hall–Kier alpha value is -1.07. The zero-order valence-corrected chi connectivity index (χ0v) is 23.8. The van der Waals surface area contributed by atoms with Gasteiger partial charge in [-0.2, -0.15) is 28.4 Å². The molecule has 6 heteroatoms. The summed E-state index contributed by atoms with van der Waals surface area (Å²) in [5.74, 6) is 0. The van der Waals surface area contributed by atoms with Crippen molar-refractivity contribution in [1.82, 2.24) is 0 Å². The summed E-state index contributed by atoms with van der Waals surface area (Å²) in [4.78, 5) is 4.35. The Labute approximate surface area is 212 Å². The molecule has 0 heterocycles. The van der Waals surface area contributed by atoms with Crippen LogP contribution in [0, 0.1) is 0 Å². The van der Waals surface area contributed by atoms with E-state index in [0.29, 0.717) is 0 Å². The topological polar surface area (TPSA) is 92.2 Å². The van der Waals surface area contributed by atoms with Crippen molar-refractivity contribution in [3.63, 3.8) is 0 Å². The van der Waals surface area contributed by atoms with Crippen LogP contribution in [0.4, 0.5) is 0 Å². The van der Waals surface area contributed by atoms with Gasteiger partial charge in [-0.25, -0.2) is 0 Å². The number of hydrogen-bond acceptors (Lipinski definition) is 4. The van der Waals surface area contributed by atoms with Crippen LogP contribution in [0.25, 0.3) is 0 Å². The average Bonchev–Trinajstić information content (AvgIpc) is 3.73. The SMILES string of the molecule is C[CH]=[Ti]([C]1=CC=CC1)[C]1=CC=CC1.C[O-].C[O-].C[O-].C[O-].[CH2]=[Ti+4]([C]1=CC=CC1)[C]1=CC=CC1. The predicted octanol–water partition coefficient (Wildman–Crippen LogP) is 1.74. The van der Waals surface area contributed by atoms with Crippen molar-refractivity contribution in [3.05, 3.63) is 88.4 Å². The third-order valence-electron chi connectivity index (χ3n) is 4.84. The molecule has 178 valence electrons. The third-order valence-corrected chi connectivity index (χ3v) is 12.6. The van der Waals surface area contributed by atoms with Gasteiger partial charge in [0, 0.05) is 0 Å². The van der Waals surface area contributed by atoms with E-state index in [4.69, 9.17) is 20.4 Å². The summed E-state index contributed by atoms with van der Waals surface area (Å²) < 4.78 is 9.11. The van der Waals surface area contributed by atoms with E-state index in [-0.39, 0.29) is 0 Å². The van der Waals surface area contributed by atoms with Gasteiger partial charge < -0.3 is 20.4 Å². The molecule has 0 amide bonds. The van der Waals surface area contributed by atoms with Gasteiger partial charge in [-0.3, -0.25) is 0 Å². The average molecular weight is 522 g/mol. The Morgan fingerprint density at radius 3 is 1.21 bits per heavy atom. The summed E-state index contributed by atoms with van der Waals surface area (Å²) in [6.07, 6.45) is 31.7. The van der Waals surface area contributed by atoms with Gasteiger partial charge in [0.2, 0.25) is 0 Å². The van der Waals surface area contributed by atoms with E-state index in [1.54, 1.807) is 15.5 Å². The monoisotopic (exact) mass is 522 g/mol. The maximum absolute atomic E-state index is 8.25. The van der Waals surface area contributed by atoms with Gasteiger partial charge in [0.05, 0.1) is 0 Å². The molecule has 4 rings (SSSR count). The van der Waals surface area contributed by atoms with Crippen molar-refractivity contribution in [2.45, 2.75) is 32.6 Å². The number of hydrogen-bond donors (Lipinski definition) is 0. The van der Waals surface area contributed by atoms with Gasteiger partial charge in [0.1, 0.15) is 0 Å². The molecule has 0 aromatic carbocycles. The molecule has 0 N–H and O–H groups in total. The summed E-state index contributed by atoms with van der Waals surface area (Å²) in [6.45, 7) is 2.23. The fourth-order valence-corrected chi connectivity index (χ4v) is 9.85. The Kier molecular flexibility index (Phi) is 24.9. The first-order valence-electron chi connectivity index (χ1n) is 10.7. The molecule has 0 aliphatic heterocycles. The zero-order chi connectivity index (χ0) is 25.5. The van der Waals surface area contributed by atoms with Crippen LogP contribution in [0.1, 0.15) is 32.6 Å². The molecule has 4 aliphatic rings. The van der Waals surface area contributed by atoms with Crippen LogP contribution in [-0.2, 0) is 34.8 Å². The molecule has 4 nitrogen and oxygen atoms in total. The Morgan fingerprint density at radius 1 is 0.636 bits per heavy atom. The molecular weight excluding hydrogens is 484 g/mol. The van der Waals surface area contributed by atoms with Crippen molar-refractivity contribution < 1.29 is 55.2 Å². The number of rotatable bonds is 4. The fourth-order valence-electron chi connectivity index (χ4n) is 3.42. The van der Waals surface area contributed by atoms with Gasteiger partial charge >= 0.3 is 165 Å². The van der Waals surface area contributed by atoms with E-state index in [1.807, 2.05) is 0 Å². The van der Waals surface area contributed by atoms with Crippen molar-refractivity contribution in [2.24, 2.45) is 0 Å². The summed E-state index contributed by atoms with van der Waals surface area (Å²) in [6, 6.07) is 0. The quantitative estimate of drug-likeness (QED) is 0.527. The molecule has 0 saturated carbocycles. The summed E-state index contributed by atoms with van der Waals surface area (Å²) in [5.41, 5.74) is 0. The molecule has 0 atom stereocenters. The molecule has 4 aliphatic carbocycles. The van der Waals surface area contributed by atoms with Gasteiger partial charge in [-0.05, 0) is 0 Å². The Balaban J connectivity index is 0. The number of allylic oxidation sites excluding steroid dienone is 16. The van der Waals surface area contributed by atoms with Crippen LogP contribution < -0.4 is 20.4 Å². The predicted molar refractivity (Wildman–Crippen MR) is 130 cm³/mol. The van der Waals surface area contributed by atoms with E-state index in [9.17, 15) is 0 Å². The van der Waals surface area contributed by atoms with Crippen LogP contribution in [0.15, 0.2) is 88.4 Å². The molecule has 0 unspecified atom stereocenters. The molecule has 0 bridgehead atoms. The van der Waals surface area contributed by atoms with Gasteiger partial charge in [-0.1, -0.05) is 0 Å². The molecule has 0 spiro atoms. The third kappa shape index (κ3) is 12.8. The first-order valence-corrected chi connectivity index (χ1v) is 15.8. The van der Waals surface area contributed by atoms with E-state index < -0.39 is 34.8 Å². The van der Waals surface area contributed by atoms with E-state index in [0.717, 1.165) is 41.3 Å². The van der Waals surface area contributed by atoms with Crippen molar-refractivity contribution >= 4 is 9.13 Å². The molecule has 0 saturated heterocycles. The molecule has 0 radical (unpaired) electrons. The van der Waals surface area contributed by atoms with Gasteiger partial charge in [-0.15, -0.1) is 0 Å².